The van der Waals surface area contributed by atoms with Gasteiger partial charge in [0.2, 0.25) is 0 Å². The number of amides is 1. The number of hydrogen-bond donors (Lipinski definition) is 1. The SMILES string of the molecule is Cc1cc(C(=O)OCC(=O)N[C@@H](C)c2ccco2)c(C)n1Cc1ccccc1. The summed E-state index contributed by atoms with van der Waals surface area (Å²) in [5.74, 6) is -0.243. The van der Waals surface area contributed by atoms with Gasteiger partial charge in [-0.05, 0) is 44.5 Å². The van der Waals surface area contributed by atoms with E-state index in [-0.39, 0.29) is 18.6 Å². The van der Waals surface area contributed by atoms with Crippen molar-refractivity contribution in [2.24, 2.45) is 0 Å². The number of aromatic nitrogens is 1. The van der Waals surface area contributed by atoms with Crippen LogP contribution in [0.5, 0.6) is 0 Å². The third-order valence-electron chi connectivity index (χ3n) is 4.66. The average molecular weight is 380 g/mol. The normalized spacial score (nSPS) is 11.8. The predicted molar refractivity (Wildman–Crippen MR) is 105 cm³/mol. The molecule has 6 heteroatoms. The topological polar surface area (TPSA) is 73.5 Å². The minimum atomic E-state index is -0.506. The Hall–Kier alpha value is -3.28. The first-order valence-corrected chi connectivity index (χ1v) is 9.16. The van der Waals surface area contributed by atoms with Crippen LogP contribution in [0.15, 0.2) is 59.2 Å². The Kier molecular flexibility index (Phi) is 5.99. The van der Waals surface area contributed by atoms with Gasteiger partial charge in [0.25, 0.3) is 5.91 Å². The fourth-order valence-electron chi connectivity index (χ4n) is 3.12. The number of furan rings is 1. The smallest absolute Gasteiger partial charge is 0.340 e. The zero-order valence-electron chi connectivity index (χ0n) is 16.3. The van der Waals surface area contributed by atoms with Crippen LogP contribution in [0, 0.1) is 13.8 Å². The molecule has 0 spiro atoms. The largest absolute Gasteiger partial charge is 0.467 e. The van der Waals surface area contributed by atoms with Crippen LogP contribution in [-0.2, 0) is 16.1 Å². The van der Waals surface area contributed by atoms with Crippen molar-refractivity contribution in [1.29, 1.82) is 0 Å². The van der Waals surface area contributed by atoms with Crippen molar-refractivity contribution in [2.75, 3.05) is 6.61 Å². The van der Waals surface area contributed by atoms with Crippen molar-refractivity contribution in [3.8, 4) is 0 Å². The van der Waals surface area contributed by atoms with Gasteiger partial charge in [0.05, 0.1) is 17.9 Å². The number of carbonyl (C=O) groups excluding carboxylic acids is 2. The number of carbonyl (C=O) groups is 2. The Labute approximate surface area is 164 Å². The van der Waals surface area contributed by atoms with E-state index in [0.717, 1.165) is 17.0 Å². The van der Waals surface area contributed by atoms with Gasteiger partial charge in [-0.1, -0.05) is 30.3 Å². The van der Waals surface area contributed by atoms with E-state index in [2.05, 4.69) is 9.88 Å². The number of rotatable bonds is 7. The molecule has 28 heavy (non-hydrogen) atoms. The van der Waals surface area contributed by atoms with E-state index in [0.29, 0.717) is 17.9 Å². The van der Waals surface area contributed by atoms with Gasteiger partial charge in [-0.3, -0.25) is 4.79 Å². The van der Waals surface area contributed by atoms with E-state index in [1.54, 1.807) is 31.4 Å². The molecular weight excluding hydrogens is 356 g/mol. The van der Waals surface area contributed by atoms with E-state index in [1.807, 2.05) is 44.2 Å². The van der Waals surface area contributed by atoms with Gasteiger partial charge < -0.3 is 19.0 Å². The van der Waals surface area contributed by atoms with Crippen LogP contribution in [-0.4, -0.2) is 23.1 Å². The van der Waals surface area contributed by atoms with Crippen LogP contribution < -0.4 is 5.32 Å². The summed E-state index contributed by atoms with van der Waals surface area (Å²) in [6.07, 6.45) is 1.54. The van der Waals surface area contributed by atoms with Crippen molar-refractivity contribution in [2.45, 2.75) is 33.4 Å². The summed E-state index contributed by atoms with van der Waals surface area (Å²) in [5.41, 5.74) is 3.40. The number of benzene rings is 1. The lowest BCUT2D eigenvalue weighted by atomic mass is 10.2. The lowest BCUT2D eigenvalue weighted by Crippen LogP contribution is -2.31. The van der Waals surface area contributed by atoms with Crippen LogP contribution in [0.4, 0.5) is 0 Å². The van der Waals surface area contributed by atoms with E-state index < -0.39 is 5.97 Å². The van der Waals surface area contributed by atoms with Gasteiger partial charge in [-0.2, -0.15) is 0 Å². The lowest BCUT2D eigenvalue weighted by molar-refractivity contribution is -0.125. The monoisotopic (exact) mass is 380 g/mol. The standard InChI is InChI=1S/C22H24N2O4/c1-15-12-19(17(3)24(15)13-18-8-5-4-6-9-18)22(26)28-14-21(25)23-16(2)20-10-7-11-27-20/h4-12,16H,13-14H2,1-3H3,(H,23,25)/t16-/m0/s1. The Morgan fingerprint density at radius 1 is 1.14 bits per heavy atom. The molecule has 0 saturated carbocycles. The Balaban J connectivity index is 1.60. The fraction of sp³-hybridized carbons (Fsp3) is 0.273. The van der Waals surface area contributed by atoms with E-state index >= 15 is 0 Å². The van der Waals surface area contributed by atoms with Gasteiger partial charge >= 0.3 is 5.97 Å². The number of esters is 1. The first kappa shape index (κ1) is 19.5. The third kappa shape index (κ3) is 4.52. The lowest BCUT2D eigenvalue weighted by Gasteiger charge is -2.12. The number of nitrogens with one attached hydrogen (secondary N) is 1. The fourth-order valence-corrected chi connectivity index (χ4v) is 3.12. The molecule has 0 aliphatic carbocycles. The van der Waals surface area contributed by atoms with Crippen molar-refractivity contribution in [1.82, 2.24) is 9.88 Å². The Morgan fingerprint density at radius 3 is 2.57 bits per heavy atom. The molecule has 2 aromatic heterocycles. The highest BCUT2D eigenvalue weighted by Crippen LogP contribution is 2.18. The van der Waals surface area contributed by atoms with Crippen LogP contribution in [0.2, 0.25) is 0 Å². The summed E-state index contributed by atoms with van der Waals surface area (Å²) in [6, 6.07) is 15.1. The summed E-state index contributed by atoms with van der Waals surface area (Å²) in [7, 11) is 0. The van der Waals surface area contributed by atoms with Crippen molar-refractivity contribution in [3.63, 3.8) is 0 Å². The van der Waals surface area contributed by atoms with Crippen molar-refractivity contribution >= 4 is 11.9 Å². The Morgan fingerprint density at radius 2 is 1.89 bits per heavy atom. The maximum Gasteiger partial charge on any atom is 0.340 e. The summed E-state index contributed by atoms with van der Waals surface area (Å²) in [5, 5.41) is 2.74. The molecule has 0 aliphatic rings. The molecule has 0 unspecified atom stereocenters. The number of hydrogen-bond acceptors (Lipinski definition) is 4. The second kappa shape index (κ2) is 8.61. The zero-order chi connectivity index (χ0) is 20.1. The molecule has 146 valence electrons. The van der Waals surface area contributed by atoms with Crippen LogP contribution in [0.1, 0.15) is 46.0 Å². The van der Waals surface area contributed by atoms with Crippen LogP contribution >= 0.6 is 0 Å². The summed E-state index contributed by atoms with van der Waals surface area (Å²) in [6.45, 7) is 5.96. The Bertz CT molecular complexity index is 943. The summed E-state index contributed by atoms with van der Waals surface area (Å²) >= 11 is 0. The maximum absolute atomic E-state index is 12.5. The molecule has 1 amide bonds. The van der Waals surface area contributed by atoms with Crippen molar-refractivity contribution in [3.05, 3.63) is 83.1 Å². The van der Waals surface area contributed by atoms with E-state index in [4.69, 9.17) is 9.15 Å². The number of aryl methyl sites for hydroxylation is 1. The maximum atomic E-state index is 12.5. The molecule has 1 N–H and O–H groups in total. The number of nitrogens with zero attached hydrogens (tertiary/aromatic N) is 1. The van der Waals surface area contributed by atoms with E-state index in [1.165, 1.54) is 0 Å². The molecule has 3 aromatic rings. The predicted octanol–water partition coefficient (Wildman–Crippen LogP) is 3.78. The minimum Gasteiger partial charge on any atom is -0.467 e. The first-order valence-electron chi connectivity index (χ1n) is 9.16. The quantitative estimate of drug-likeness (QED) is 0.633. The van der Waals surface area contributed by atoms with Gasteiger partial charge in [-0.15, -0.1) is 0 Å². The molecule has 3 rings (SSSR count). The second-order valence-corrected chi connectivity index (χ2v) is 6.74. The van der Waals surface area contributed by atoms with Crippen molar-refractivity contribution < 1.29 is 18.7 Å². The molecule has 6 nitrogen and oxygen atoms in total. The second-order valence-electron chi connectivity index (χ2n) is 6.74. The molecular formula is C22H24N2O4. The van der Waals surface area contributed by atoms with Gasteiger partial charge in [-0.25, -0.2) is 4.79 Å². The van der Waals surface area contributed by atoms with Gasteiger partial charge in [0.1, 0.15) is 5.76 Å². The molecule has 2 heterocycles. The molecule has 0 bridgehead atoms. The molecule has 1 atom stereocenters. The van der Waals surface area contributed by atoms with Crippen LogP contribution in [0.25, 0.3) is 0 Å². The molecule has 0 fully saturated rings. The average Bonchev–Trinajstić information content (AvgIpc) is 3.31. The van der Waals surface area contributed by atoms with Gasteiger partial charge in [0, 0.05) is 17.9 Å². The third-order valence-corrected chi connectivity index (χ3v) is 4.66. The molecule has 0 radical (unpaired) electrons. The minimum absolute atomic E-state index is 0.294. The van der Waals surface area contributed by atoms with Crippen LogP contribution in [0.3, 0.4) is 0 Å². The number of ether oxygens (including phenoxy) is 1. The molecule has 0 saturated heterocycles. The highest BCUT2D eigenvalue weighted by Gasteiger charge is 2.19. The van der Waals surface area contributed by atoms with E-state index in [9.17, 15) is 9.59 Å². The summed E-state index contributed by atoms with van der Waals surface area (Å²) in [4.78, 5) is 24.5. The van der Waals surface area contributed by atoms with Gasteiger partial charge in [0.15, 0.2) is 6.61 Å². The highest BCUT2D eigenvalue weighted by atomic mass is 16.5. The first-order chi connectivity index (χ1) is 13.5. The molecule has 1 aromatic carbocycles. The zero-order valence-corrected chi connectivity index (χ0v) is 16.3. The summed E-state index contributed by atoms with van der Waals surface area (Å²) < 4.78 is 12.5. The highest BCUT2D eigenvalue weighted by molar-refractivity contribution is 5.92. The molecule has 0 aliphatic heterocycles.